The van der Waals surface area contributed by atoms with E-state index in [1.807, 2.05) is 0 Å². The molecule has 0 amide bonds. The summed E-state index contributed by atoms with van der Waals surface area (Å²) >= 11 is 5.69. The number of ketones is 1. The predicted octanol–water partition coefficient (Wildman–Crippen LogP) is 3.73. The van der Waals surface area contributed by atoms with Crippen LogP contribution >= 0.6 is 11.6 Å². The van der Waals surface area contributed by atoms with Gasteiger partial charge in [-0.3, -0.25) is 4.79 Å². The molecule has 0 unspecified atom stereocenters. The smallest absolute Gasteiger partial charge is 0.196 e. The fourth-order valence-electron chi connectivity index (χ4n) is 1.78. The van der Waals surface area contributed by atoms with Crippen LogP contribution in [-0.2, 0) is 0 Å². The topological polar surface area (TPSA) is 35.5 Å². The van der Waals surface area contributed by atoms with Gasteiger partial charge in [0.05, 0.1) is 24.8 Å². The molecule has 2 aromatic rings. The maximum absolute atomic E-state index is 13.1. The van der Waals surface area contributed by atoms with Crippen molar-refractivity contribution >= 4 is 17.4 Å². The lowest BCUT2D eigenvalue weighted by Gasteiger charge is -2.10. The van der Waals surface area contributed by atoms with Gasteiger partial charge in [0.2, 0.25) is 0 Å². The van der Waals surface area contributed by atoms with Gasteiger partial charge in [0.25, 0.3) is 0 Å². The average Bonchev–Trinajstić information content (AvgIpc) is 2.48. The normalized spacial score (nSPS) is 10.2. The molecule has 0 aliphatic rings. The van der Waals surface area contributed by atoms with Crippen molar-refractivity contribution in [3.05, 3.63) is 58.4 Å². The molecule has 0 saturated carbocycles. The SMILES string of the molecule is COc1ccc(C(=O)c2ccc(F)c(Cl)c2)c(OC)c1. The van der Waals surface area contributed by atoms with Gasteiger partial charge in [0.1, 0.15) is 17.3 Å². The lowest BCUT2D eigenvalue weighted by molar-refractivity contribution is 0.103. The number of benzene rings is 2. The Labute approximate surface area is 120 Å². The molecule has 0 spiro atoms. The number of hydrogen-bond acceptors (Lipinski definition) is 3. The standard InChI is InChI=1S/C15H12ClFO3/c1-19-10-4-5-11(14(8-10)20-2)15(18)9-3-6-13(17)12(16)7-9/h3-8H,1-2H3. The molecule has 3 nitrogen and oxygen atoms in total. The highest BCUT2D eigenvalue weighted by atomic mass is 35.5. The summed E-state index contributed by atoms with van der Waals surface area (Å²) < 4.78 is 23.4. The number of carbonyl (C=O) groups is 1. The maximum atomic E-state index is 13.1. The van der Waals surface area contributed by atoms with Gasteiger partial charge in [0.15, 0.2) is 5.78 Å². The number of hydrogen-bond donors (Lipinski definition) is 0. The summed E-state index contributed by atoms with van der Waals surface area (Å²) in [5.74, 6) is 0.0988. The lowest BCUT2D eigenvalue weighted by Crippen LogP contribution is -2.04. The van der Waals surface area contributed by atoms with Gasteiger partial charge >= 0.3 is 0 Å². The van der Waals surface area contributed by atoms with Gasteiger partial charge in [-0.25, -0.2) is 4.39 Å². The number of rotatable bonds is 4. The Morgan fingerprint density at radius 2 is 1.85 bits per heavy atom. The number of methoxy groups -OCH3 is 2. The Hall–Kier alpha value is -2.07. The van der Waals surface area contributed by atoms with Crippen molar-refractivity contribution in [2.75, 3.05) is 14.2 Å². The van der Waals surface area contributed by atoms with Crippen LogP contribution in [0.25, 0.3) is 0 Å². The van der Waals surface area contributed by atoms with Crippen LogP contribution < -0.4 is 9.47 Å². The van der Waals surface area contributed by atoms with Crippen molar-refractivity contribution in [2.24, 2.45) is 0 Å². The minimum absolute atomic E-state index is 0.0941. The van der Waals surface area contributed by atoms with Crippen LogP contribution in [0.5, 0.6) is 11.5 Å². The van der Waals surface area contributed by atoms with Crippen LogP contribution in [0.2, 0.25) is 5.02 Å². The van der Waals surface area contributed by atoms with Gasteiger partial charge in [-0.05, 0) is 30.3 Å². The third kappa shape index (κ3) is 2.75. The fourth-order valence-corrected chi connectivity index (χ4v) is 1.96. The molecule has 0 bridgehead atoms. The Kier molecular flexibility index (Phi) is 4.25. The summed E-state index contributed by atoms with van der Waals surface area (Å²) in [5, 5.41) is -0.0941. The molecule has 20 heavy (non-hydrogen) atoms. The summed E-state index contributed by atoms with van der Waals surface area (Å²) in [7, 11) is 2.99. The van der Waals surface area contributed by atoms with Crippen LogP contribution in [0.3, 0.4) is 0 Å². The highest BCUT2D eigenvalue weighted by Crippen LogP contribution is 2.27. The van der Waals surface area contributed by atoms with Crippen molar-refractivity contribution in [3.8, 4) is 11.5 Å². The molecule has 0 aliphatic heterocycles. The molecule has 5 heteroatoms. The first-order chi connectivity index (χ1) is 9.56. The second kappa shape index (κ2) is 5.92. The van der Waals surface area contributed by atoms with E-state index in [-0.39, 0.29) is 10.8 Å². The number of ether oxygens (including phenoxy) is 2. The molecule has 0 heterocycles. The van der Waals surface area contributed by atoms with Gasteiger partial charge in [-0.1, -0.05) is 11.6 Å². The first-order valence-corrected chi connectivity index (χ1v) is 6.16. The second-order valence-electron chi connectivity index (χ2n) is 4.02. The minimum atomic E-state index is -0.565. The molecule has 0 aromatic heterocycles. The van der Waals surface area contributed by atoms with Crippen LogP contribution in [0.4, 0.5) is 4.39 Å². The largest absolute Gasteiger partial charge is 0.497 e. The van der Waals surface area contributed by atoms with E-state index in [2.05, 4.69) is 0 Å². The van der Waals surface area contributed by atoms with Gasteiger partial charge in [0, 0.05) is 11.6 Å². The maximum Gasteiger partial charge on any atom is 0.196 e. The van der Waals surface area contributed by atoms with E-state index >= 15 is 0 Å². The molecule has 0 aliphatic carbocycles. The van der Waals surface area contributed by atoms with Crippen molar-refractivity contribution in [1.29, 1.82) is 0 Å². The van der Waals surface area contributed by atoms with Gasteiger partial charge in [-0.15, -0.1) is 0 Å². The van der Waals surface area contributed by atoms with E-state index in [0.717, 1.165) is 6.07 Å². The number of halogens is 2. The Balaban J connectivity index is 2.44. The van der Waals surface area contributed by atoms with Crippen molar-refractivity contribution < 1.29 is 18.7 Å². The zero-order chi connectivity index (χ0) is 14.7. The predicted molar refractivity (Wildman–Crippen MR) is 74.4 cm³/mol. The molecular formula is C15H12ClFO3. The highest BCUT2D eigenvalue weighted by Gasteiger charge is 2.16. The Morgan fingerprint density at radius 1 is 1.10 bits per heavy atom. The Bertz CT molecular complexity index is 656. The van der Waals surface area contributed by atoms with E-state index in [0.29, 0.717) is 22.6 Å². The molecule has 0 N–H and O–H groups in total. The van der Waals surface area contributed by atoms with Crippen molar-refractivity contribution in [3.63, 3.8) is 0 Å². The molecule has 2 rings (SSSR count). The summed E-state index contributed by atoms with van der Waals surface area (Å²) in [5.41, 5.74) is 0.649. The fraction of sp³-hybridized carbons (Fsp3) is 0.133. The number of carbonyl (C=O) groups excluding carboxylic acids is 1. The summed E-state index contributed by atoms with van der Waals surface area (Å²) in [6.45, 7) is 0. The zero-order valence-corrected chi connectivity index (χ0v) is 11.7. The minimum Gasteiger partial charge on any atom is -0.497 e. The van der Waals surface area contributed by atoms with Gasteiger partial charge in [-0.2, -0.15) is 0 Å². The molecule has 2 aromatic carbocycles. The van der Waals surface area contributed by atoms with Crippen LogP contribution in [0, 0.1) is 5.82 Å². The molecular weight excluding hydrogens is 283 g/mol. The van der Waals surface area contributed by atoms with E-state index in [1.54, 1.807) is 18.2 Å². The molecule has 104 valence electrons. The first kappa shape index (κ1) is 14.3. The summed E-state index contributed by atoms with van der Waals surface area (Å²) in [6.07, 6.45) is 0. The third-order valence-corrected chi connectivity index (χ3v) is 3.12. The van der Waals surface area contributed by atoms with Crippen molar-refractivity contribution in [1.82, 2.24) is 0 Å². The van der Waals surface area contributed by atoms with E-state index in [4.69, 9.17) is 21.1 Å². The highest BCUT2D eigenvalue weighted by molar-refractivity contribution is 6.31. The lowest BCUT2D eigenvalue weighted by atomic mass is 10.0. The van der Waals surface area contributed by atoms with Crippen LogP contribution in [-0.4, -0.2) is 20.0 Å². The molecule has 0 atom stereocenters. The molecule has 0 fully saturated rings. The first-order valence-electron chi connectivity index (χ1n) is 5.78. The summed E-state index contributed by atoms with van der Waals surface area (Å²) in [6, 6.07) is 8.69. The van der Waals surface area contributed by atoms with Crippen molar-refractivity contribution in [2.45, 2.75) is 0 Å². The monoisotopic (exact) mass is 294 g/mol. The van der Waals surface area contributed by atoms with Crippen LogP contribution in [0.1, 0.15) is 15.9 Å². The zero-order valence-electron chi connectivity index (χ0n) is 10.9. The summed E-state index contributed by atoms with van der Waals surface area (Å²) in [4.78, 5) is 12.4. The molecule has 0 radical (unpaired) electrons. The second-order valence-corrected chi connectivity index (χ2v) is 4.43. The quantitative estimate of drug-likeness (QED) is 0.806. The van der Waals surface area contributed by atoms with Crippen LogP contribution in [0.15, 0.2) is 36.4 Å². The average molecular weight is 295 g/mol. The van der Waals surface area contributed by atoms with E-state index < -0.39 is 5.82 Å². The van der Waals surface area contributed by atoms with E-state index in [9.17, 15) is 9.18 Å². The molecule has 0 saturated heterocycles. The Morgan fingerprint density at radius 3 is 2.45 bits per heavy atom. The third-order valence-electron chi connectivity index (χ3n) is 2.84. The van der Waals surface area contributed by atoms with E-state index in [1.165, 1.54) is 26.4 Å². The van der Waals surface area contributed by atoms with Gasteiger partial charge < -0.3 is 9.47 Å².